The molecule has 0 saturated carbocycles. The van der Waals surface area contributed by atoms with E-state index in [9.17, 15) is 0 Å². The minimum Gasteiger partial charge on any atom is -0.490 e. The van der Waals surface area contributed by atoms with E-state index in [4.69, 9.17) is 10.6 Å². The third kappa shape index (κ3) is 3.17. The zero-order valence-corrected chi connectivity index (χ0v) is 11.3. The lowest BCUT2D eigenvalue weighted by Crippen LogP contribution is -2.20. The van der Waals surface area contributed by atoms with E-state index in [1.165, 1.54) is 30.7 Å². The highest BCUT2D eigenvalue weighted by atomic mass is 32.2. The Morgan fingerprint density at radius 2 is 2.11 bits per heavy atom. The maximum Gasteiger partial charge on any atom is 0.205 e. The van der Waals surface area contributed by atoms with Crippen molar-refractivity contribution in [1.29, 1.82) is 0 Å². The Morgan fingerprint density at radius 3 is 2.78 bits per heavy atom. The number of hydrazine groups is 1. The summed E-state index contributed by atoms with van der Waals surface area (Å²) in [4.78, 5) is 8.20. The highest BCUT2D eigenvalue weighted by Crippen LogP contribution is 2.29. The number of nitrogen functional groups attached to an aromatic ring is 1. The van der Waals surface area contributed by atoms with Gasteiger partial charge in [-0.25, -0.2) is 15.8 Å². The van der Waals surface area contributed by atoms with Crippen molar-refractivity contribution in [2.75, 3.05) is 35.9 Å². The summed E-state index contributed by atoms with van der Waals surface area (Å²) in [6, 6.07) is 0. The predicted molar refractivity (Wildman–Crippen MR) is 74.9 cm³/mol. The fourth-order valence-electron chi connectivity index (χ4n) is 1.99. The number of ether oxygens (including phenoxy) is 1. The number of thioether (sulfide) groups is 1. The molecule has 1 aromatic rings. The first-order valence-electron chi connectivity index (χ1n) is 6.02. The first-order chi connectivity index (χ1) is 8.85. The Labute approximate surface area is 111 Å². The van der Waals surface area contributed by atoms with Gasteiger partial charge in [0.25, 0.3) is 0 Å². The molecule has 1 aromatic heterocycles. The lowest BCUT2D eigenvalue weighted by molar-refractivity contribution is 0.413. The number of anilines is 2. The molecular formula is C11H19N5OS. The molecule has 2 heterocycles. The topological polar surface area (TPSA) is 85.1 Å². The molecule has 18 heavy (non-hydrogen) atoms. The van der Waals surface area contributed by atoms with Gasteiger partial charge in [-0.05, 0) is 30.3 Å². The molecule has 0 atom stereocenters. The van der Waals surface area contributed by atoms with Crippen molar-refractivity contribution in [2.24, 2.45) is 11.8 Å². The minimum absolute atomic E-state index is 0.495. The number of nitrogens with two attached hydrogens (primary N) is 1. The lowest BCUT2D eigenvalue weighted by Gasteiger charge is -2.22. The molecular weight excluding hydrogens is 250 g/mol. The average Bonchev–Trinajstić information content (AvgIpc) is 2.45. The predicted octanol–water partition coefficient (Wildman–Crippen LogP) is 1.33. The zero-order chi connectivity index (χ0) is 12.8. The highest BCUT2D eigenvalue weighted by Gasteiger charge is 2.16. The average molecular weight is 269 g/mol. The van der Waals surface area contributed by atoms with Gasteiger partial charge in [-0.15, -0.1) is 0 Å². The van der Waals surface area contributed by atoms with E-state index in [1.807, 2.05) is 11.8 Å². The maximum atomic E-state index is 5.38. The molecule has 0 unspecified atom stereocenters. The molecule has 0 radical (unpaired) electrons. The molecule has 1 aliphatic rings. The van der Waals surface area contributed by atoms with Crippen LogP contribution in [0.2, 0.25) is 0 Å². The summed E-state index contributed by atoms with van der Waals surface area (Å²) in [6.45, 7) is 0.915. The zero-order valence-electron chi connectivity index (χ0n) is 10.5. The van der Waals surface area contributed by atoms with E-state index in [-0.39, 0.29) is 0 Å². The Kier molecular flexibility index (Phi) is 4.89. The second-order valence-electron chi connectivity index (χ2n) is 4.19. The SMILES string of the molecule is COc1c(NN)ncnc1NCC1CCSCC1. The summed E-state index contributed by atoms with van der Waals surface area (Å²) in [7, 11) is 1.59. The molecule has 6 nitrogen and oxygen atoms in total. The number of methoxy groups -OCH3 is 1. The molecule has 7 heteroatoms. The van der Waals surface area contributed by atoms with Crippen molar-refractivity contribution in [1.82, 2.24) is 9.97 Å². The summed E-state index contributed by atoms with van der Waals surface area (Å²) in [5.74, 6) is 10.3. The molecule has 0 spiro atoms. The van der Waals surface area contributed by atoms with Gasteiger partial charge in [0.2, 0.25) is 5.75 Å². The lowest BCUT2D eigenvalue weighted by atomic mass is 10.0. The van der Waals surface area contributed by atoms with Crippen molar-refractivity contribution in [3.05, 3.63) is 6.33 Å². The molecule has 0 amide bonds. The van der Waals surface area contributed by atoms with Crippen LogP contribution in [0.1, 0.15) is 12.8 Å². The first kappa shape index (κ1) is 13.2. The second kappa shape index (κ2) is 6.65. The van der Waals surface area contributed by atoms with E-state index in [0.717, 1.165) is 6.54 Å². The van der Waals surface area contributed by atoms with Crippen molar-refractivity contribution < 1.29 is 4.74 Å². The van der Waals surface area contributed by atoms with Gasteiger partial charge < -0.3 is 15.5 Å². The third-order valence-electron chi connectivity index (χ3n) is 3.04. The quantitative estimate of drug-likeness (QED) is 0.549. The van der Waals surface area contributed by atoms with Crippen LogP contribution in [-0.2, 0) is 0 Å². The normalized spacial score (nSPS) is 16.3. The van der Waals surface area contributed by atoms with Crippen LogP contribution in [0.3, 0.4) is 0 Å². The molecule has 1 fully saturated rings. The van der Waals surface area contributed by atoms with Crippen molar-refractivity contribution in [3.63, 3.8) is 0 Å². The smallest absolute Gasteiger partial charge is 0.205 e. The number of aromatic nitrogens is 2. The Bertz CT molecular complexity index is 384. The standard InChI is InChI=1S/C11H19N5OS/c1-17-9-10(14-7-15-11(9)16-12)13-6-8-2-4-18-5-3-8/h7-8H,2-6,12H2,1H3,(H2,13,14,15,16). The fourth-order valence-corrected chi connectivity index (χ4v) is 3.19. The van der Waals surface area contributed by atoms with Crippen LogP contribution < -0.4 is 21.3 Å². The molecule has 2 rings (SSSR count). The molecule has 1 aliphatic heterocycles. The summed E-state index contributed by atoms with van der Waals surface area (Å²) in [6.07, 6.45) is 3.98. The van der Waals surface area contributed by atoms with E-state index >= 15 is 0 Å². The summed E-state index contributed by atoms with van der Waals surface area (Å²) in [5, 5.41) is 3.33. The third-order valence-corrected chi connectivity index (χ3v) is 4.09. The number of nitrogens with one attached hydrogen (secondary N) is 2. The Hall–Kier alpha value is -1.21. The van der Waals surface area contributed by atoms with Gasteiger partial charge >= 0.3 is 0 Å². The Morgan fingerprint density at radius 1 is 1.39 bits per heavy atom. The van der Waals surface area contributed by atoms with Gasteiger partial charge in [0, 0.05) is 6.54 Å². The number of hydrogen-bond donors (Lipinski definition) is 3. The molecule has 0 aliphatic carbocycles. The van der Waals surface area contributed by atoms with Crippen molar-refractivity contribution >= 4 is 23.4 Å². The van der Waals surface area contributed by atoms with E-state index in [2.05, 4.69) is 20.7 Å². The van der Waals surface area contributed by atoms with Crippen molar-refractivity contribution in [3.8, 4) is 5.75 Å². The first-order valence-corrected chi connectivity index (χ1v) is 7.18. The van der Waals surface area contributed by atoms with Gasteiger partial charge in [0.15, 0.2) is 11.6 Å². The van der Waals surface area contributed by atoms with Crippen LogP contribution in [0, 0.1) is 5.92 Å². The van der Waals surface area contributed by atoms with Crippen LogP contribution >= 0.6 is 11.8 Å². The molecule has 0 aromatic carbocycles. The minimum atomic E-state index is 0.495. The van der Waals surface area contributed by atoms with Crippen LogP contribution in [0.5, 0.6) is 5.75 Å². The monoisotopic (exact) mass is 269 g/mol. The fraction of sp³-hybridized carbons (Fsp3) is 0.636. The molecule has 4 N–H and O–H groups in total. The molecule has 1 saturated heterocycles. The van der Waals surface area contributed by atoms with Gasteiger partial charge in [-0.3, -0.25) is 0 Å². The second-order valence-corrected chi connectivity index (χ2v) is 5.41. The maximum absolute atomic E-state index is 5.38. The van der Waals surface area contributed by atoms with Gasteiger partial charge in [-0.1, -0.05) is 0 Å². The molecule has 100 valence electrons. The highest BCUT2D eigenvalue weighted by molar-refractivity contribution is 7.99. The van der Waals surface area contributed by atoms with Gasteiger partial charge in [0.1, 0.15) is 6.33 Å². The number of nitrogens with zero attached hydrogens (tertiary/aromatic N) is 2. The Balaban J connectivity index is 1.99. The van der Waals surface area contributed by atoms with E-state index in [1.54, 1.807) is 7.11 Å². The summed E-state index contributed by atoms with van der Waals surface area (Å²) < 4.78 is 5.27. The molecule has 0 bridgehead atoms. The van der Waals surface area contributed by atoms with Crippen LogP contribution in [0.25, 0.3) is 0 Å². The van der Waals surface area contributed by atoms with Crippen molar-refractivity contribution in [2.45, 2.75) is 12.8 Å². The van der Waals surface area contributed by atoms with Gasteiger partial charge in [0.05, 0.1) is 7.11 Å². The van der Waals surface area contributed by atoms with E-state index < -0.39 is 0 Å². The van der Waals surface area contributed by atoms with Crippen LogP contribution in [-0.4, -0.2) is 35.1 Å². The van der Waals surface area contributed by atoms with Gasteiger partial charge in [-0.2, -0.15) is 11.8 Å². The summed E-state index contributed by atoms with van der Waals surface area (Å²) >= 11 is 2.03. The van der Waals surface area contributed by atoms with E-state index in [0.29, 0.717) is 23.3 Å². The summed E-state index contributed by atoms with van der Waals surface area (Å²) in [5.41, 5.74) is 2.51. The number of hydrogen-bond acceptors (Lipinski definition) is 7. The van der Waals surface area contributed by atoms with Crippen LogP contribution in [0.4, 0.5) is 11.6 Å². The largest absolute Gasteiger partial charge is 0.490 e. The van der Waals surface area contributed by atoms with Crippen LogP contribution in [0.15, 0.2) is 6.33 Å². The number of rotatable bonds is 5.